The first-order valence-electron chi connectivity index (χ1n) is 8.57. The van der Waals surface area contributed by atoms with E-state index in [1.165, 1.54) is 0 Å². The number of benzene rings is 1. The molecule has 0 aliphatic rings. The first-order valence-corrected chi connectivity index (χ1v) is 8.57. The summed E-state index contributed by atoms with van der Waals surface area (Å²) >= 11 is 0. The number of nitrogens with zero attached hydrogens (tertiary/aromatic N) is 1. The van der Waals surface area contributed by atoms with Gasteiger partial charge in [0.25, 0.3) is 6.02 Å². The van der Waals surface area contributed by atoms with Crippen molar-refractivity contribution in [1.82, 2.24) is 5.32 Å². The highest BCUT2D eigenvalue weighted by Gasteiger charge is 2.07. The Kier molecular flexibility index (Phi) is 10.5. The van der Waals surface area contributed by atoms with E-state index in [-0.39, 0.29) is 18.5 Å². The predicted molar refractivity (Wildman–Crippen MR) is 96.0 cm³/mol. The zero-order chi connectivity index (χ0) is 18.3. The molecular formula is C18H27N3O4. The van der Waals surface area contributed by atoms with Crippen molar-refractivity contribution in [2.24, 2.45) is 10.7 Å². The van der Waals surface area contributed by atoms with Crippen LogP contribution in [0, 0.1) is 0 Å². The quantitative estimate of drug-likeness (QED) is 0.293. The molecule has 3 N–H and O–H groups in total. The molecule has 1 aromatic rings. The molecule has 0 heterocycles. The zero-order valence-electron chi connectivity index (χ0n) is 14.7. The average Bonchev–Trinajstić information content (AvgIpc) is 2.62. The summed E-state index contributed by atoms with van der Waals surface area (Å²) in [6, 6.07) is 9.10. The van der Waals surface area contributed by atoms with Crippen molar-refractivity contribution in [3.8, 4) is 0 Å². The smallest absolute Gasteiger partial charge is 0.429 e. The number of amides is 1. The molecule has 0 aromatic heterocycles. The third kappa shape index (κ3) is 10.8. The third-order valence-electron chi connectivity index (χ3n) is 3.38. The largest absolute Gasteiger partial charge is 0.516 e. The van der Waals surface area contributed by atoms with Crippen molar-refractivity contribution in [2.75, 3.05) is 13.1 Å². The molecule has 7 heteroatoms. The van der Waals surface area contributed by atoms with Crippen molar-refractivity contribution < 1.29 is 19.1 Å². The van der Waals surface area contributed by atoms with Crippen LogP contribution in [0.5, 0.6) is 0 Å². The number of nitrogens with two attached hydrogens (primary N) is 1. The van der Waals surface area contributed by atoms with E-state index in [2.05, 4.69) is 10.3 Å². The van der Waals surface area contributed by atoms with Gasteiger partial charge in [-0.1, -0.05) is 50.1 Å². The topological polar surface area (TPSA) is 103 Å². The van der Waals surface area contributed by atoms with Gasteiger partial charge in [0.2, 0.25) is 5.91 Å². The Morgan fingerprint density at radius 2 is 1.84 bits per heavy atom. The van der Waals surface area contributed by atoms with Gasteiger partial charge in [0.1, 0.15) is 6.61 Å². The van der Waals surface area contributed by atoms with Crippen molar-refractivity contribution in [1.29, 1.82) is 0 Å². The molecule has 1 amide bonds. The molecule has 0 atom stereocenters. The molecule has 0 fully saturated rings. The highest BCUT2D eigenvalue weighted by molar-refractivity contribution is 5.82. The van der Waals surface area contributed by atoms with Gasteiger partial charge in [-0.25, -0.2) is 9.79 Å². The third-order valence-corrected chi connectivity index (χ3v) is 3.38. The molecule has 0 bridgehead atoms. The van der Waals surface area contributed by atoms with Crippen molar-refractivity contribution in [3.05, 3.63) is 35.9 Å². The minimum Gasteiger partial charge on any atom is -0.429 e. The summed E-state index contributed by atoms with van der Waals surface area (Å²) in [5.41, 5.74) is 6.40. The number of carbonyl (C=O) groups excluding carboxylic acids is 2. The molecule has 0 unspecified atom stereocenters. The molecule has 0 saturated heterocycles. The number of hydrogen-bond donors (Lipinski definition) is 2. The first kappa shape index (κ1) is 20.5. The van der Waals surface area contributed by atoms with Crippen LogP contribution in [0.15, 0.2) is 35.3 Å². The first-order chi connectivity index (χ1) is 12.1. The van der Waals surface area contributed by atoms with E-state index in [9.17, 15) is 9.59 Å². The summed E-state index contributed by atoms with van der Waals surface area (Å²) in [6.45, 7) is 3.15. The normalized spacial score (nSPS) is 11.0. The van der Waals surface area contributed by atoms with E-state index < -0.39 is 6.16 Å². The molecule has 0 aliphatic heterocycles. The van der Waals surface area contributed by atoms with Crippen LogP contribution in [0.1, 0.15) is 44.6 Å². The Hall–Kier alpha value is -2.57. The predicted octanol–water partition coefficient (Wildman–Crippen LogP) is 2.74. The molecule has 7 nitrogen and oxygen atoms in total. The second-order valence-corrected chi connectivity index (χ2v) is 5.46. The zero-order valence-corrected chi connectivity index (χ0v) is 14.7. The van der Waals surface area contributed by atoms with Crippen molar-refractivity contribution in [3.63, 3.8) is 0 Å². The van der Waals surface area contributed by atoms with Crippen LogP contribution in [0.2, 0.25) is 0 Å². The summed E-state index contributed by atoms with van der Waals surface area (Å²) < 4.78 is 9.72. The minimum atomic E-state index is -0.864. The summed E-state index contributed by atoms with van der Waals surface area (Å²) in [5.74, 6) is 0.0775. The molecule has 138 valence electrons. The Labute approximate surface area is 148 Å². The van der Waals surface area contributed by atoms with E-state index >= 15 is 0 Å². The van der Waals surface area contributed by atoms with Crippen LogP contribution in [0.3, 0.4) is 0 Å². The lowest BCUT2D eigenvalue weighted by Gasteiger charge is -2.05. The molecular weight excluding hydrogens is 322 g/mol. The standard InChI is InChI=1S/C18H27N3O4/c1-2-16(22)20-12-8-3-4-9-13-21-17(19)25-18(23)24-14-15-10-6-5-7-11-15/h5-7,10-11H,2-4,8-9,12-14H2,1H3,(H2,19,21)(H,20,22). The van der Waals surface area contributed by atoms with Crippen LogP contribution in [-0.4, -0.2) is 31.2 Å². The van der Waals surface area contributed by atoms with E-state index in [0.29, 0.717) is 19.5 Å². The summed E-state index contributed by atoms with van der Waals surface area (Å²) in [4.78, 5) is 26.5. The Morgan fingerprint density at radius 3 is 2.56 bits per heavy atom. The number of carbonyl (C=O) groups is 2. The number of ether oxygens (including phenoxy) is 2. The van der Waals surface area contributed by atoms with Gasteiger partial charge in [0.05, 0.1) is 0 Å². The monoisotopic (exact) mass is 349 g/mol. The fourth-order valence-electron chi connectivity index (χ4n) is 2.00. The van der Waals surface area contributed by atoms with Crippen LogP contribution in [-0.2, 0) is 20.9 Å². The van der Waals surface area contributed by atoms with E-state index in [4.69, 9.17) is 15.2 Å². The Morgan fingerprint density at radius 1 is 1.12 bits per heavy atom. The van der Waals surface area contributed by atoms with Gasteiger partial charge in [-0.2, -0.15) is 0 Å². The molecule has 0 aliphatic carbocycles. The molecule has 0 radical (unpaired) electrons. The summed E-state index contributed by atoms with van der Waals surface area (Å²) in [7, 11) is 0. The number of rotatable bonds is 10. The van der Waals surface area contributed by atoms with Crippen molar-refractivity contribution >= 4 is 18.1 Å². The lowest BCUT2D eigenvalue weighted by molar-refractivity contribution is -0.120. The van der Waals surface area contributed by atoms with E-state index in [1.54, 1.807) is 0 Å². The second kappa shape index (κ2) is 12.8. The number of hydrogen-bond acceptors (Lipinski definition) is 5. The number of unbranched alkanes of at least 4 members (excludes halogenated alkanes) is 3. The van der Waals surface area contributed by atoms with Gasteiger partial charge in [-0.3, -0.25) is 4.79 Å². The average molecular weight is 349 g/mol. The van der Waals surface area contributed by atoms with Gasteiger partial charge in [-0.05, 0) is 18.4 Å². The Balaban J connectivity index is 2.05. The van der Waals surface area contributed by atoms with Gasteiger partial charge >= 0.3 is 6.16 Å². The summed E-state index contributed by atoms with van der Waals surface area (Å²) in [6.07, 6.45) is 3.40. The number of nitrogens with one attached hydrogen (secondary N) is 1. The highest BCUT2D eigenvalue weighted by Crippen LogP contribution is 2.02. The fraction of sp³-hybridized carbons (Fsp3) is 0.500. The Bertz CT molecular complexity index is 547. The molecule has 25 heavy (non-hydrogen) atoms. The maximum absolute atomic E-state index is 11.5. The lowest BCUT2D eigenvalue weighted by Crippen LogP contribution is -2.23. The second-order valence-electron chi connectivity index (χ2n) is 5.46. The van der Waals surface area contributed by atoms with E-state index in [1.807, 2.05) is 37.3 Å². The highest BCUT2D eigenvalue weighted by atomic mass is 16.7. The number of amidine groups is 1. The molecule has 1 rings (SSSR count). The number of aliphatic imine (C=N–C) groups is 1. The molecule has 1 aromatic carbocycles. The van der Waals surface area contributed by atoms with Gasteiger partial charge in [0, 0.05) is 19.5 Å². The maximum Gasteiger partial charge on any atom is 0.516 e. The maximum atomic E-state index is 11.5. The fourth-order valence-corrected chi connectivity index (χ4v) is 2.00. The molecule has 0 spiro atoms. The van der Waals surface area contributed by atoms with Crippen molar-refractivity contribution in [2.45, 2.75) is 45.6 Å². The van der Waals surface area contributed by atoms with Crippen LogP contribution in [0.4, 0.5) is 4.79 Å². The van der Waals surface area contributed by atoms with Gasteiger partial charge in [-0.15, -0.1) is 0 Å². The lowest BCUT2D eigenvalue weighted by atomic mass is 10.2. The van der Waals surface area contributed by atoms with Crippen LogP contribution >= 0.6 is 0 Å². The SMILES string of the molecule is CCC(=O)NCCCCCCN=C(N)OC(=O)OCc1ccccc1. The van der Waals surface area contributed by atoms with Crippen LogP contribution in [0.25, 0.3) is 0 Å². The van der Waals surface area contributed by atoms with E-state index in [0.717, 1.165) is 31.2 Å². The van der Waals surface area contributed by atoms with Gasteiger partial charge < -0.3 is 20.5 Å². The molecule has 0 saturated carbocycles. The summed E-state index contributed by atoms with van der Waals surface area (Å²) in [5, 5.41) is 2.83. The van der Waals surface area contributed by atoms with Crippen LogP contribution < -0.4 is 11.1 Å². The minimum absolute atomic E-state index is 0.0775. The van der Waals surface area contributed by atoms with Gasteiger partial charge in [0.15, 0.2) is 0 Å².